The van der Waals surface area contributed by atoms with E-state index in [0.29, 0.717) is 59.9 Å². The van der Waals surface area contributed by atoms with Crippen LogP contribution in [-0.4, -0.2) is 67.8 Å². The van der Waals surface area contributed by atoms with E-state index in [4.69, 9.17) is 9.47 Å². The fraction of sp³-hybridized carbons (Fsp3) is 0.222. The minimum atomic E-state index is -0.146. The van der Waals surface area contributed by atoms with Gasteiger partial charge in [-0.1, -0.05) is 30.3 Å². The molecule has 1 aliphatic heterocycles. The zero-order chi connectivity index (χ0) is 23.8. The van der Waals surface area contributed by atoms with Gasteiger partial charge in [0.1, 0.15) is 11.5 Å². The van der Waals surface area contributed by atoms with Crippen LogP contribution in [0.15, 0.2) is 60.7 Å². The summed E-state index contributed by atoms with van der Waals surface area (Å²) in [5.74, 6) is 0.726. The van der Waals surface area contributed by atoms with Crippen molar-refractivity contribution < 1.29 is 23.9 Å². The van der Waals surface area contributed by atoms with Crippen LogP contribution < -0.4 is 9.47 Å². The Morgan fingerprint density at radius 1 is 0.706 bits per heavy atom. The highest BCUT2D eigenvalue weighted by Gasteiger charge is 2.30. The number of piperazine rings is 1. The summed E-state index contributed by atoms with van der Waals surface area (Å²) < 4.78 is 10.6. The van der Waals surface area contributed by atoms with Crippen molar-refractivity contribution in [1.82, 2.24) is 9.80 Å². The Bertz CT molecular complexity index is 1310. The molecule has 0 bridgehead atoms. The molecule has 34 heavy (non-hydrogen) atoms. The Balaban J connectivity index is 1.28. The number of hydrogen-bond donors (Lipinski definition) is 0. The predicted octanol–water partition coefficient (Wildman–Crippen LogP) is 3.51. The largest absolute Gasteiger partial charge is 0.497 e. The average Bonchev–Trinajstić information content (AvgIpc) is 3.19. The number of nitrogens with zero attached hydrogens (tertiary/aromatic N) is 2. The molecule has 0 radical (unpaired) electrons. The monoisotopic (exact) mass is 456 g/mol. The SMILES string of the molecule is COc1ccc(C(=O)N2CCN(C(=O)c3ccc4c(c3)C(=O)c3ccccc3-4)CC2)c(OC)c1. The van der Waals surface area contributed by atoms with Crippen molar-refractivity contribution >= 4 is 17.6 Å². The standard InChI is InChI=1S/C27H24N2O5/c1-33-18-8-10-22(24(16-18)34-2)27(32)29-13-11-28(12-14-29)26(31)17-7-9-20-19-5-3-4-6-21(19)25(30)23(20)15-17/h3-10,15-16H,11-14H2,1-2H3. The van der Waals surface area contributed by atoms with Crippen molar-refractivity contribution in [1.29, 1.82) is 0 Å². The van der Waals surface area contributed by atoms with Gasteiger partial charge in [-0.05, 0) is 35.4 Å². The van der Waals surface area contributed by atoms with E-state index in [9.17, 15) is 14.4 Å². The van der Waals surface area contributed by atoms with E-state index in [0.717, 1.165) is 11.1 Å². The topological polar surface area (TPSA) is 76.2 Å². The molecule has 3 aromatic rings. The van der Waals surface area contributed by atoms with Crippen molar-refractivity contribution in [2.24, 2.45) is 0 Å². The van der Waals surface area contributed by atoms with Crippen molar-refractivity contribution in [3.8, 4) is 22.6 Å². The number of hydrogen-bond acceptors (Lipinski definition) is 5. The van der Waals surface area contributed by atoms with Crippen molar-refractivity contribution in [3.05, 3.63) is 82.9 Å². The van der Waals surface area contributed by atoms with Crippen LogP contribution in [0.5, 0.6) is 11.5 Å². The number of rotatable bonds is 4. The number of amides is 2. The molecule has 2 aliphatic rings. The molecule has 1 saturated heterocycles. The molecule has 3 aromatic carbocycles. The minimum absolute atomic E-state index is 0.0518. The van der Waals surface area contributed by atoms with Gasteiger partial charge < -0.3 is 19.3 Å². The number of ketones is 1. The van der Waals surface area contributed by atoms with Gasteiger partial charge in [-0.15, -0.1) is 0 Å². The molecule has 1 fully saturated rings. The lowest BCUT2D eigenvalue weighted by molar-refractivity contribution is 0.0533. The lowest BCUT2D eigenvalue weighted by atomic mass is 10.0. The maximum atomic E-state index is 13.2. The van der Waals surface area contributed by atoms with Gasteiger partial charge >= 0.3 is 0 Å². The molecule has 2 amide bonds. The van der Waals surface area contributed by atoms with Crippen LogP contribution in [0.25, 0.3) is 11.1 Å². The van der Waals surface area contributed by atoms with Gasteiger partial charge in [0.15, 0.2) is 5.78 Å². The van der Waals surface area contributed by atoms with E-state index in [1.807, 2.05) is 30.3 Å². The second kappa shape index (κ2) is 8.67. The Kier molecular flexibility index (Phi) is 5.53. The molecule has 0 aromatic heterocycles. The van der Waals surface area contributed by atoms with Crippen LogP contribution in [0, 0.1) is 0 Å². The Morgan fingerprint density at radius 2 is 1.35 bits per heavy atom. The molecule has 0 saturated carbocycles. The Labute approximate surface area is 197 Å². The minimum Gasteiger partial charge on any atom is -0.497 e. The first-order valence-corrected chi connectivity index (χ1v) is 11.1. The van der Waals surface area contributed by atoms with E-state index in [2.05, 4.69) is 0 Å². The molecule has 5 rings (SSSR count). The number of benzene rings is 3. The van der Waals surface area contributed by atoms with Crippen LogP contribution >= 0.6 is 0 Å². The number of fused-ring (bicyclic) bond motifs is 3. The van der Waals surface area contributed by atoms with Crippen LogP contribution in [0.2, 0.25) is 0 Å². The van der Waals surface area contributed by atoms with E-state index < -0.39 is 0 Å². The Hall–Kier alpha value is -4.13. The second-order valence-electron chi connectivity index (χ2n) is 8.29. The third-order valence-corrected chi connectivity index (χ3v) is 6.47. The third-order valence-electron chi connectivity index (χ3n) is 6.47. The van der Waals surface area contributed by atoms with Crippen LogP contribution in [0.4, 0.5) is 0 Å². The summed E-state index contributed by atoms with van der Waals surface area (Å²) in [7, 11) is 3.07. The van der Waals surface area contributed by atoms with Gasteiger partial charge in [0.2, 0.25) is 0 Å². The van der Waals surface area contributed by atoms with Crippen LogP contribution in [0.3, 0.4) is 0 Å². The van der Waals surface area contributed by atoms with E-state index in [-0.39, 0.29) is 17.6 Å². The lowest BCUT2D eigenvalue weighted by Gasteiger charge is -2.35. The first kappa shape index (κ1) is 21.7. The highest BCUT2D eigenvalue weighted by Crippen LogP contribution is 2.37. The van der Waals surface area contributed by atoms with Crippen molar-refractivity contribution in [2.75, 3.05) is 40.4 Å². The molecule has 7 nitrogen and oxygen atoms in total. The highest BCUT2D eigenvalue weighted by atomic mass is 16.5. The van der Waals surface area contributed by atoms with Gasteiger partial charge in [0.25, 0.3) is 11.8 Å². The van der Waals surface area contributed by atoms with Crippen LogP contribution in [0.1, 0.15) is 36.6 Å². The average molecular weight is 456 g/mol. The molecular formula is C27H24N2O5. The van der Waals surface area contributed by atoms with E-state index >= 15 is 0 Å². The number of ether oxygens (including phenoxy) is 2. The predicted molar refractivity (Wildman–Crippen MR) is 127 cm³/mol. The number of carbonyl (C=O) groups excluding carboxylic acids is 3. The van der Waals surface area contributed by atoms with Gasteiger partial charge in [-0.2, -0.15) is 0 Å². The number of carbonyl (C=O) groups is 3. The fourth-order valence-corrected chi connectivity index (χ4v) is 4.60. The first-order chi connectivity index (χ1) is 16.5. The molecule has 1 heterocycles. The van der Waals surface area contributed by atoms with E-state index in [1.54, 1.807) is 47.2 Å². The number of methoxy groups -OCH3 is 2. The van der Waals surface area contributed by atoms with Crippen molar-refractivity contribution in [3.63, 3.8) is 0 Å². The maximum absolute atomic E-state index is 13.2. The molecule has 1 aliphatic carbocycles. The molecular weight excluding hydrogens is 432 g/mol. The molecule has 0 unspecified atom stereocenters. The van der Waals surface area contributed by atoms with Crippen LogP contribution in [-0.2, 0) is 0 Å². The molecule has 0 spiro atoms. The zero-order valence-corrected chi connectivity index (χ0v) is 19.0. The van der Waals surface area contributed by atoms with Crippen molar-refractivity contribution in [2.45, 2.75) is 0 Å². The lowest BCUT2D eigenvalue weighted by Crippen LogP contribution is -2.50. The Morgan fingerprint density at radius 3 is 2.03 bits per heavy atom. The summed E-state index contributed by atoms with van der Waals surface area (Å²) in [5.41, 5.74) is 3.94. The highest BCUT2D eigenvalue weighted by molar-refractivity contribution is 6.22. The van der Waals surface area contributed by atoms with Gasteiger partial charge in [0, 0.05) is 48.9 Å². The second-order valence-corrected chi connectivity index (χ2v) is 8.29. The van der Waals surface area contributed by atoms with Gasteiger partial charge in [-0.3, -0.25) is 14.4 Å². The van der Waals surface area contributed by atoms with E-state index in [1.165, 1.54) is 7.11 Å². The normalized spacial score (nSPS) is 14.5. The van der Waals surface area contributed by atoms with Gasteiger partial charge in [-0.25, -0.2) is 0 Å². The smallest absolute Gasteiger partial charge is 0.257 e. The third kappa shape index (κ3) is 3.59. The van der Waals surface area contributed by atoms with Gasteiger partial charge in [0.05, 0.1) is 19.8 Å². The molecule has 7 heteroatoms. The molecule has 0 N–H and O–H groups in total. The summed E-state index contributed by atoms with van der Waals surface area (Å²) in [4.78, 5) is 42.5. The molecule has 172 valence electrons. The molecule has 0 atom stereocenters. The zero-order valence-electron chi connectivity index (χ0n) is 19.0. The fourth-order valence-electron chi connectivity index (χ4n) is 4.60. The summed E-state index contributed by atoms with van der Waals surface area (Å²) in [6.45, 7) is 1.65. The summed E-state index contributed by atoms with van der Waals surface area (Å²) in [6, 6.07) is 17.9. The summed E-state index contributed by atoms with van der Waals surface area (Å²) >= 11 is 0. The maximum Gasteiger partial charge on any atom is 0.257 e. The summed E-state index contributed by atoms with van der Waals surface area (Å²) in [5, 5.41) is 0. The first-order valence-electron chi connectivity index (χ1n) is 11.1. The quantitative estimate of drug-likeness (QED) is 0.470. The summed E-state index contributed by atoms with van der Waals surface area (Å²) in [6.07, 6.45) is 0.